The van der Waals surface area contributed by atoms with Gasteiger partial charge in [0.05, 0.1) is 10.8 Å². The average molecular weight is 278 g/mol. The highest BCUT2D eigenvalue weighted by molar-refractivity contribution is 5.72. The highest BCUT2D eigenvalue weighted by Crippen LogP contribution is 2.33. The third kappa shape index (κ3) is 2.96. The van der Waals surface area contributed by atoms with Gasteiger partial charge in [0, 0.05) is 18.7 Å². The summed E-state index contributed by atoms with van der Waals surface area (Å²) < 4.78 is 0. The Kier molecular flexibility index (Phi) is 4.34. The molecule has 0 radical (unpaired) electrons. The molecule has 6 nitrogen and oxygen atoms in total. The van der Waals surface area contributed by atoms with Crippen molar-refractivity contribution in [3.63, 3.8) is 0 Å². The van der Waals surface area contributed by atoms with E-state index in [1.165, 1.54) is 12.1 Å². The number of nitro benzene ring substituents is 1. The van der Waals surface area contributed by atoms with Crippen molar-refractivity contribution in [2.75, 3.05) is 19.6 Å². The second-order valence-electron chi connectivity index (χ2n) is 5.08. The van der Waals surface area contributed by atoms with Gasteiger partial charge in [0.25, 0.3) is 5.69 Å². The number of hydrogen-bond acceptors (Lipinski definition) is 4. The first-order valence-corrected chi connectivity index (χ1v) is 6.72. The Morgan fingerprint density at radius 2 is 2.10 bits per heavy atom. The fourth-order valence-electron chi connectivity index (χ4n) is 2.80. The van der Waals surface area contributed by atoms with Gasteiger partial charge in [-0.3, -0.25) is 14.9 Å². The van der Waals surface area contributed by atoms with Crippen LogP contribution in [0.4, 0.5) is 5.69 Å². The number of nitro groups is 1. The van der Waals surface area contributed by atoms with E-state index < -0.39 is 16.8 Å². The molecule has 0 saturated carbocycles. The zero-order chi connectivity index (χ0) is 14.7. The largest absolute Gasteiger partial charge is 0.481 e. The van der Waals surface area contributed by atoms with Crippen LogP contribution in [0.2, 0.25) is 0 Å². The van der Waals surface area contributed by atoms with Crippen molar-refractivity contribution < 1.29 is 14.8 Å². The first-order chi connectivity index (χ1) is 9.52. The monoisotopic (exact) mass is 278 g/mol. The van der Waals surface area contributed by atoms with Gasteiger partial charge in [0.2, 0.25) is 0 Å². The van der Waals surface area contributed by atoms with Crippen molar-refractivity contribution in [3.05, 3.63) is 39.9 Å². The number of non-ortho nitro benzene ring substituents is 1. The number of carbonyl (C=O) groups is 1. The first kappa shape index (κ1) is 14.5. The topological polar surface area (TPSA) is 83.7 Å². The molecule has 1 fully saturated rings. The van der Waals surface area contributed by atoms with Gasteiger partial charge >= 0.3 is 5.97 Å². The van der Waals surface area contributed by atoms with Crippen LogP contribution in [0.25, 0.3) is 0 Å². The molecule has 0 amide bonds. The highest BCUT2D eigenvalue weighted by atomic mass is 16.6. The molecule has 1 aromatic rings. The number of hydrogen-bond donors (Lipinski definition) is 1. The highest BCUT2D eigenvalue weighted by Gasteiger charge is 2.34. The van der Waals surface area contributed by atoms with E-state index in [0.717, 1.165) is 25.1 Å². The Morgan fingerprint density at radius 3 is 2.60 bits per heavy atom. The van der Waals surface area contributed by atoms with Crippen LogP contribution in [-0.2, 0) is 4.79 Å². The van der Waals surface area contributed by atoms with Gasteiger partial charge in [-0.05, 0) is 31.0 Å². The summed E-state index contributed by atoms with van der Waals surface area (Å²) in [5.74, 6) is -1.33. The van der Waals surface area contributed by atoms with Crippen molar-refractivity contribution in [2.24, 2.45) is 5.92 Å². The Bertz CT molecular complexity index is 500. The van der Waals surface area contributed by atoms with Crippen LogP contribution in [0.15, 0.2) is 24.3 Å². The lowest BCUT2D eigenvalue weighted by molar-refractivity contribution is -0.384. The van der Waals surface area contributed by atoms with Crippen molar-refractivity contribution in [2.45, 2.75) is 19.3 Å². The SMILES string of the molecule is CCN1CCC(c2ccc([N+](=O)[O-])cc2)C(C(=O)O)C1. The maximum absolute atomic E-state index is 11.4. The molecule has 1 aromatic carbocycles. The number of rotatable bonds is 4. The molecule has 0 bridgehead atoms. The Balaban J connectivity index is 2.21. The summed E-state index contributed by atoms with van der Waals surface area (Å²) >= 11 is 0. The van der Waals surface area contributed by atoms with Crippen molar-refractivity contribution >= 4 is 11.7 Å². The van der Waals surface area contributed by atoms with Gasteiger partial charge in [-0.25, -0.2) is 0 Å². The predicted octanol–water partition coefficient (Wildman–Crippen LogP) is 2.10. The molecule has 0 spiro atoms. The fraction of sp³-hybridized carbons (Fsp3) is 0.500. The van der Waals surface area contributed by atoms with Gasteiger partial charge in [0.1, 0.15) is 0 Å². The van der Waals surface area contributed by atoms with Gasteiger partial charge in [-0.2, -0.15) is 0 Å². The van der Waals surface area contributed by atoms with Gasteiger partial charge in [-0.1, -0.05) is 19.1 Å². The number of nitrogens with zero attached hydrogens (tertiary/aromatic N) is 2. The van der Waals surface area contributed by atoms with Crippen LogP contribution in [0.3, 0.4) is 0 Å². The smallest absolute Gasteiger partial charge is 0.308 e. The van der Waals surface area contributed by atoms with Gasteiger partial charge in [0.15, 0.2) is 0 Å². The lowest BCUT2D eigenvalue weighted by atomic mass is 9.80. The lowest BCUT2D eigenvalue weighted by Gasteiger charge is -2.36. The van der Waals surface area contributed by atoms with Crippen LogP contribution in [0.5, 0.6) is 0 Å². The first-order valence-electron chi connectivity index (χ1n) is 6.72. The minimum Gasteiger partial charge on any atom is -0.481 e. The number of likely N-dealkylation sites (tertiary alicyclic amines) is 1. The number of carboxylic acids is 1. The lowest BCUT2D eigenvalue weighted by Crippen LogP contribution is -2.42. The van der Waals surface area contributed by atoms with Crippen molar-refractivity contribution in [3.8, 4) is 0 Å². The van der Waals surface area contributed by atoms with E-state index in [0.29, 0.717) is 6.54 Å². The summed E-state index contributed by atoms with van der Waals surface area (Å²) in [5.41, 5.74) is 0.908. The van der Waals surface area contributed by atoms with Crippen molar-refractivity contribution in [1.82, 2.24) is 4.90 Å². The molecule has 2 atom stereocenters. The van der Waals surface area contributed by atoms with Crippen LogP contribution in [-0.4, -0.2) is 40.5 Å². The number of benzene rings is 1. The molecule has 2 unspecified atom stereocenters. The molecular formula is C14H18N2O4. The van der Waals surface area contributed by atoms with Crippen LogP contribution in [0.1, 0.15) is 24.8 Å². The zero-order valence-corrected chi connectivity index (χ0v) is 11.4. The standard InChI is InChI=1S/C14H18N2O4/c1-2-15-8-7-12(13(9-15)14(17)18)10-3-5-11(6-4-10)16(19)20/h3-6,12-13H,2,7-9H2,1H3,(H,17,18). The molecule has 1 aliphatic heterocycles. The quantitative estimate of drug-likeness (QED) is 0.673. The summed E-state index contributed by atoms with van der Waals surface area (Å²) in [4.78, 5) is 23.8. The number of piperidine rings is 1. The van der Waals surface area contributed by atoms with Crippen LogP contribution >= 0.6 is 0 Å². The third-order valence-electron chi connectivity index (χ3n) is 3.99. The minimum atomic E-state index is -0.800. The van der Waals surface area contributed by atoms with E-state index >= 15 is 0 Å². The molecule has 6 heteroatoms. The summed E-state index contributed by atoms with van der Waals surface area (Å²) in [6.07, 6.45) is 0.766. The van der Waals surface area contributed by atoms with E-state index in [1.54, 1.807) is 12.1 Å². The van der Waals surface area contributed by atoms with E-state index in [2.05, 4.69) is 4.90 Å². The molecule has 0 aliphatic carbocycles. The second kappa shape index (κ2) is 6.00. The fourth-order valence-corrected chi connectivity index (χ4v) is 2.80. The molecule has 1 heterocycles. The maximum Gasteiger partial charge on any atom is 0.308 e. The molecule has 108 valence electrons. The molecule has 0 aromatic heterocycles. The van der Waals surface area contributed by atoms with E-state index in [9.17, 15) is 20.0 Å². The van der Waals surface area contributed by atoms with Crippen LogP contribution < -0.4 is 0 Å². The number of carboxylic acid groups (broad SMARTS) is 1. The third-order valence-corrected chi connectivity index (χ3v) is 3.99. The molecule has 20 heavy (non-hydrogen) atoms. The van der Waals surface area contributed by atoms with E-state index in [-0.39, 0.29) is 11.6 Å². The summed E-state index contributed by atoms with van der Waals surface area (Å²) in [6, 6.07) is 6.25. The molecule has 2 rings (SSSR count). The summed E-state index contributed by atoms with van der Waals surface area (Å²) in [7, 11) is 0. The summed E-state index contributed by atoms with van der Waals surface area (Å²) in [5, 5.41) is 20.0. The van der Waals surface area contributed by atoms with Gasteiger partial charge < -0.3 is 10.0 Å². The second-order valence-corrected chi connectivity index (χ2v) is 5.08. The number of aliphatic carboxylic acids is 1. The zero-order valence-electron chi connectivity index (χ0n) is 11.4. The molecule has 1 aliphatic rings. The average Bonchev–Trinajstić information content (AvgIpc) is 2.46. The minimum absolute atomic E-state index is 0.0339. The Labute approximate surface area is 117 Å². The van der Waals surface area contributed by atoms with E-state index in [1.807, 2.05) is 6.92 Å². The molecule has 1 saturated heterocycles. The summed E-state index contributed by atoms with van der Waals surface area (Å²) in [6.45, 7) is 4.26. The Morgan fingerprint density at radius 1 is 1.45 bits per heavy atom. The van der Waals surface area contributed by atoms with E-state index in [4.69, 9.17) is 0 Å². The van der Waals surface area contributed by atoms with Gasteiger partial charge in [-0.15, -0.1) is 0 Å². The maximum atomic E-state index is 11.4. The van der Waals surface area contributed by atoms with Crippen LogP contribution in [0, 0.1) is 16.0 Å². The molecular weight excluding hydrogens is 260 g/mol. The predicted molar refractivity (Wildman–Crippen MR) is 73.7 cm³/mol. The normalized spacial score (nSPS) is 23.4. The van der Waals surface area contributed by atoms with Crippen molar-refractivity contribution in [1.29, 1.82) is 0 Å². The Hall–Kier alpha value is -1.95. The molecule has 1 N–H and O–H groups in total.